The first-order valence-electron chi connectivity index (χ1n) is 6.55. The molecule has 2 nitrogen and oxygen atoms in total. The first-order chi connectivity index (χ1) is 9.38. The van der Waals surface area contributed by atoms with E-state index >= 15 is 0 Å². The van der Waals surface area contributed by atoms with Gasteiger partial charge in [-0.25, -0.2) is 4.98 Å². The van der Waals surface area contributed by atoms with Gasteiger partial charge in [0, 0.05) is 22.7 Å². The summed E-state index contributed by atoms with van der Waals surface area (Å²) in [5.41, 5.74) is 1.12. The van der Waals surface area contributed by atoms with Crippen molar-refractivity contribution in [3.8, 4) is 10.6 Å². The van der Waals surface area contributed by atoms with E-state index in [0.717, 1.165) is 18.3 Å². The molecule has 0 unspecified atom stereocenters. The quantitative estimate of drug-likeness (QED) is 0.774. The Morgan fingerprint density at radius 1 is 1.26 bits per heavy atom. The summed E-state index contributed by atoms with van der Waals surface area (Å²) >= 11 is 3.58. The molecular formula is C15H14N2S2. The van der Waals surface area contributed by atoms with E-state index in [2.05, 4.69) is 41.0 Å². The number of thiophene rings is 1. The van der Waals surface area contributed by atoms with Gasteiger partial charge in [0.2, 0.25) is 0 Å². The maximum Gasteiger partial charge on any atom is 0.107 e. The van der Waals surface area contributed by atoms with Crippen molar-refractivity contribution in [1.29, 1.82) is 0 Å². The zero-order valence-electron chi connectivity index (χ0n) is 10.4. The van der Waals surface area contributed by atoms with Crippen LogP contribution in [0.3, 0.4) is 0 Å². The third-order valence-electron chi connectivity index (χ3n) is 3.35. The minimum atomic E-state index is 0.747. The lowest BCUT2D eigenvalue weighted by Gasteiger charge is -1.96. The molecule has 1 fully saturated rings. The highest BCUT2D eigenvalue weighted by molar-refractivity contribution is 7.22. The lowest BCUT2D eigenvalue weighted by atomic mass is 10.2. The Balaban J connectivity index is 1.60. The van der Waals surface area contributed by atoms with Crippen LogP contribution in [-0.2, 0) is 6.54 Å². The third kappa shape index (κ3) is 2.43. The van der Waals surface area contributed by atoms with E-state index in [-0.39, 0.29) is 0 Å². The number of benzene rings is 1. The first kappa shape index (κ1) is 11.6. The fourth-order valence-corrected chi connectivity index (χ4v) is 3.98. The number of hydrogen-bond donors (Lipinski definition) is 1. The molecule has 1 aromatic carbocycles. The van der Waals surface area contributed by atoms with Crippen molar-refractivity contribution in [1.82, 2.24) is 10.3 Å². The third-order valence-corrected chi connectivity index (χ3v) is 5.34. The Morgan fingerprint density at radius 2 is 2.16 bits per heavy atom. The molecule has 2 heterocycles. The molecule has 4 heteroatoms. The van der Waals surface area contributed by atoms with Gasteiger partial charge in [-0.2, -0.15) is 0 Å². The minimum absolute atomic E-state index is 0.747. The number of nitrogens with one attached hydrogen (secondary N) is 1. The number of hydrogen-bond acceptors (Lipinski definition) is 4. The van der Waals surface area contributed by atoms with Crippen LogP contribution in [0.25, 0.3) is 20.7 Å². The predicted molar refractivity (Wildman–Crippen MR) is 82.8 cm³/mol. The Bertz CT molecular complexity index is 677. The summed E-state index contributed by atoms with van der Waals surface area (Å²) in [4.78, 5) is 6.02. The van der Waals surface area contributed by atoms with E-state index in [1.54, 1.807) is 11.3 Å². The number of nitrogens with zero attached hydrogens (tertiary/aromatic N) is 1. The smallest absolute Gasteiger partial charge is 0.107 e. The zero-order valence-corrected chi connectivity index (χ0v) is 12.1. The predicted octanol–water partition coefficient (Wildman–Crippen LogP) is 4.28. The molecule has 2 aromatic heterocycles. The summed E-state index contributed by atoms with van der Waals surface area (Å²) in [7, 11) is 0. The first-order valence-corrected chi connectivity index (χ1v) is 8.25. The summed E-state index contributed by atoms with van der Waals surface area (Å²) in [5, 5.41) is 8.20. The molecule has 1 N–H and O–H groups in total. The van der Waals surface area contributed by atoms with Gasteiger partial charge in [-0.1, -0.05) is 18.2 Å². The van der Waals surface area contributed by atoms with Crippen molar-refractivity contribution >= 4 is 32.8 Å². The minimum Gasteiger partial charge on any atom is -0.308 e. The van der Waals surface area contributed by atoms with Gasteiger partial charge < -0.3 is 5.32 Å². The van der Waals surface area contributed by atoms with Crippen molar-refractivity contribution in [3.05, 3.63) is 40.7 Å². The highest BCUT2D eigenvalue weighted by Crippen LogP contribution is 2.33. The molecule has 4 rings (SSSR count). The number of thiazole rings is 1. The summed E-state index contributed by atoms with van der Waals surface area (Å²) in [6, 6.07) is 11.5. The molecule has 3 aromatic rings. The standard InChI is InChI=1S/C15H14N2S2/c1-2-4-13-10(3-1)7-14(19-13)12-9-18-15(17-12)8-16-11-5-6-11/h1-4,7,9,11,16H,5-6,8H2. The Kier molecular flexibility index (Phi) is 2.87. The van der Waals surface area contributed by atoms with E-state index in [9.17, 15) is 0 Å². The van der Waals surface area contributed by atoms with Crippen molar-refractivity contribution in [2.75, 3.05) is 0 Å². The second-order valence-corrected chi connectivity index (χ2v) is 6.96. The average molecular weight is 286 g/mol. The molecule has 0 saturated heterocycles. The average Bonchev–Trinajstić information content (AvgIpc) is 2.99. The van der Waals surface area contributed by atoms with Gasteiger partial charge in [-0.15, -0.1) is 22.7 Å². The Hall–Kier alpha value is -1.23. The Labute approximate surface area is 120 Å². The van der Waals surface area contributed by atoms with E-state index in [4.69, 9.17) is 4.98 Å². The van der Waals surface area contributed by atoms with Gasteiger partial charge in [0.1, 0.15) is 5.01 Å². The van der Waals surface area contributed by atoms with Crippen molar-refractivity contribution in [2.45, 2.75) is 25.4 Å². The van der Waals surface area contributed by atoms with Crippen LogP contribution in [0.5, 0.6) is 0 Å². The van der Waals surface area contributed by atoms with E-state index in [1.807, 2.05) is 11.3 Å². The van der Waals surface area contributed by atoms with Crippen LogP contribution in [0.4, 0.5) is 0 Å². The van der Waals surface area contributed by atoms with Gasteiger partial charge in [0.05, 0.1) is 10.6 Å². The zero-order chi connectivity index (χ0) is 12.7. The van der Waals surface area contributed by atoms with Crippen LogP contribution in [-0.4, -0.2) is 11.0 Å². The lowest BCUT2D eigenvalue weighted by Crippen LogP contribution is -2.14. The molecule has 1 saturated carbocycles. The number of aromatic nitrogens is 1. The molecule has 1 aliphatic carbocycles. The second-order valence-electron chi connectivity index (χ2n) is 4.93. The SMILES string of the molecule is c1ccc2sc(-c3csc(CNC4CC4)n3)cc2c1. The van der Waals surface area contributed by atoms with Crippen LogP contribution in [0.1, 0.15) is 17.8 Å². The molecule has 0 bridgehead atoms. The van der Waals surface area contributed by atoms with E-state index in [0.29, 0.717) is 0 Å². The fourth-order valence-electron chi connectivity index (χ4n) is 2.13. The van der Waals surface area contributed by atoms with Crippen molar-refractivity contribution in [2.24, 2.45) is 0 Å². The molecule has 1 aliphatic rings. The highest BCUT2D eigenvalue weighted by atomic mass is 32.1. The van der Waals surface area contributed by atoms with Gasteiger partial charge >= 0.3 is 0 Å². The lowest BCUT2D eigenvalue weighted by molar-refractivity contribution is 0.685. The maximum absolute atomic E-state index is 4.74. The van der Waals surface area contributed by atoms with E-state index in [1.165, 1.54) is 32.8 Å². The maximum atomic E-state index is 4.74. The molecule has 0 atom stereocenters. The van der Waals surface area contributed by atoms with Crippen molar-refractivity contribution < 1.29 is 0 Å². The number of rotatable bonds is 4. The molecule has 0 radical (unpaired) electrons. The molecule has 0 spiro atoms. The second kappa shape index (κ2) is 4.71. The van der Waals surface area contributed by atoms with Crippen LogP contribution in [0.2, 0.25) is 0 Å². The molecule has 0 amide bonds. The van der Waals surface area contributed by atoms with Crippen LogP contribution in [0.15, 0.2) is 35.7 Å². The molecule has 0 aliphatic heterocycles. The summed E-state index contributed by atoms with van der Waals surface area (Å²) in [6.45, 7) is 0.917. The van der Waals surface area contributed by atoms with Crippen LogP contribution >= 0.6 is 22.7 Å². The normalized spacial score (nSPS) is 15.2. The monoisotopic (exact) mass is 286 g/mol. The van der Waals surface area contributed by atoms with Gasteiger partial charge in [-0.3, -0.25) is 0 Å². The summed E-state index contributed by atoms with van der Waals surface area (Å²) < 4.78 is 1.34. The fraction of sp³-hybridized carbons (Fsp3) is 0.267. The highest BCUT2D eigenvalue weighted by Gasteiger charge is 2.20. The Morgan fingerprint density at radius 3 is 3.00 bits per heavy atom. The largest absolute Gasteiger partial charge is 0.308 e. The van der Waals surface area contributed by atoms with Gasteiger partial charge in [-0.05, 0) is 30.4 Å². The van der Waals surface area contributed by atoms with Gasteiger partial charge in [0.25, 0.3) is 0 Å². The molecular weight excluding hydrogens is 272 g/mol. The summed E-state index contributed by atoms with van der Waals surface area (Å²) in [5.74, 6) is 0. The van der Waals surface area contributed by atoms with E-state index < -0.39 is 0 Å². The van der Waals surface area contributed by atoms with Crippen LogP contribution < -0.4 is 5.32 Å². The number of fused-ring (bicyclic) bond motifs is 1. The van der Waals surface area contributed by atoms with Crippen molar-refractivity contribution in [3.63, 3.8) is 0 Å². The van der Waals surface area contributed by atoms with Crippen LogP contribution in [0, 0.1) is 0 Å². The van der Waals surface area contributed by atoms with Gasteiger partial charge in [0.15, 0.2) is 0 Å². The molecule has 19 heavy (non-hydrogen) atoms. The summed E-state index contributed by atoms with van der Waals surface area (Å²) in [6.07, 6.45) is 2.66. The topological polar surface area (TPSA) is 24.9 Å². The molecule has 96 valence electrons.